The second-order valence-corrected chi connectivity index (χ2v) is 17.1. The van der Waals surface area contributed by atoms with Gasteiger partial charge in [-0.05, 0) is 61.0 Å². The van der Waals surface area contributed by atoms with Gasteiger partial charge < -0.3 is 33.9 Å². The molecule has 386 valence electrons. The Hall–Kier alpha value is -5.59. The zero-order chi connectivity index (χ0) is 51.3. The SMILES string of the molecule is CCOC(=O)C1C(=O)CCN1C(=O)OC(C)(C)C.CCOC(=O)C1N(C(=O)OC(C)(C)C)CCC1(F)F.Cl.O=C(O)C1N(C(=O)OCc2ccccc2)CCC1(F)F.O=C(O)C1NCCC1(F)F. The summed E-state index contributed by atoms with van der Waals surface area (Å²) in [6, 6.07) is 1.79. The van der Waals surface area contributed by atoms with Crippen molar-refractivity contribution in [2.75, 3.05) is 39.4 Å². The Morgan fingerprint density at radius 3 is 1.54 bits per heavy atom. The second kappa shape index (κ2) is 25.1. The summed E-state index contributed by atoms with van der Waals surface area (Å²) in [4.78, 5) is 93.7. The number of ketones is 1. The van der Waals surface area contributed by atoms with E-state index in [0.717, 1.165) is 9.80 Å². The van der Waals surface area contributed by atoms with Gasteiger partial charge in [0.15, 0.2) is 30.0 Å². The maximum Gasteiger partial charge on any atom is 0.411 e. The normalized spacial score (nSPS) is 22.0. The lowest BCUT2D eigenvalue weighted by Crippen LogP contribution is -2.50. The number of amides is 3. The van der Waals surface area contributed by atoms with Crippen molar-refractivity contribution in [1.82, 2.24) is 20.0 Å². The van der Waals surface area contributed by atoms with E-state index in [1.54, 1.807) is 78.8 Å². The lowest BCUT2D eigenvalue weighted by atomic mass is 10.1. The predicted octanol–water partition coefficient (Wildman–Crippen LogP) is 5.93. The number of ether oxygens (including phenoxy) is 5. The monoisotopic (exact) mass is 1010 g/mol. The number of nitrogens with one attached hydrogen (secondary N) is 1. The minimum atomic E-state index is -3.43. The number of carboxylic acid groups (broad SMARTS) is 2. The van der Waals surface area contributed by atoms with Crippen molar-refractivity contribution < 1.29 is 98.6 Å². The minimum Gasteiger partial charge on any atom is -0.480 e. The number of alkyl halides is 6. The van der Waals surface area contributed by atoms with Crippen LogP contribution in [0.5, 0.6) is 0 Å². The number of likely N-dealkylation sites (tertiary alicyclic amines) is 3. The molecule has 4 heterocycles. The van der Waals surface area contributed by atoms with Crippen LogP contribution in [0, 0.1) is 0 Å². The number of aliphatic carboxylic acids is 2. The van der Waals surface area contributed by atoms with Crippen LogP contribution < -0.4 is 5.32 Å². The first-order chi connectivity index (χ1) is 30.8. The highest BCUT2D eigenvalue weighted by atomic mass is 35.5. The summed E-state index contributed by atoms with van der Waals surface area (Å²) in [5, 5.41) is 19.2. The predicted molar refractivity (Wildman–Crippen MR) is 226 cm³/mol. The van der Waals surface area contributed by atoms with Crippen LogP contribution in [0.3, 0.4) is 0 Å². The van der Waals surface area contributed by atoms with Gasteiger partial charge in [0, 0.05) is 51.9 Å². The van der Waals surface area contributed by atoms with Crippen LogP contribution in [0.2, 0.25) is 0 Å². The van der Waals surface area contributed by atoms with Gasteiger partial charge >= 0.3 is 42.2 Å². The average Bonchev–Trinajstić information content (AvgIpc) is 3.95. The number of carboxylic acids is 2. The summed E-state index contributed by atoms with van der Waals surface area (Å²) in [5.41, 5.74) is -0.783. The quantitative estimate of drug-likeness (QED) is 0.118. The molecule has 4 aliphatic heterocycles. The second-order valence-electron chi connectivity index (χ2n) is 17.1. The number of carbonyl (C=O) groups is 8. The first-order valence-corrected chi connectivity index (χ1v) is 20.9. The number of rotatable bonds is 8. The summed E-state index contributed by atoms with van der Waals surface area (Å²) in [6.45, 7) is 13.0. The van der Waals surface area contributed by atoms with Gasteiger partial charge in [-0.1, -0.05) is 30.3 Å². The van der Waals surface area contributed by atoms with Crippen LogP contribution >= 0.6 is 12.4 Å². The molecular weight excluding hydrogens is 950 g/mol. The van der Waals surface area contributed by atoms with Crippen LogP contribution in [0.25, 0.3) is 0 Å². The third-order valence-electron chi connectivity index (χ3n) is 9.44. The van der Waals surface area contributed by atoms with Gasteiger partial charge in [-0.3, -0.25) is 29.6 Å². The Bertz CT molecular complexity index is 1920. The molecule has 3 amide bonds. The fourth-order valence-electron chi connectivity index (χ4n) is 6.49. The highest BCUT2D eigenvalue weighted by molar-refractivity contribution is 6.07. The Morgan fingerprint density at radius 1 is 0.647 bits per heavy atom. The van der Waals surface area contributed by atoms with Gasteiger partial charge in [0.2, 0.25) is 0 Å². The van der Waals surface area contributed by atoms with Crippen molar-refractivity contribution in [3.8, 4) is 0 Å². The van der Waals surface area contributed by atoms with Crippen LogP contribution in [-0.4, -0.2) is 165 Å². The molecule has 0 radical (unpaired) electrons. The molecule has 0 spiro atoms. The topological polar surface area (TPSA) is 245 Å². The molecule has 1 aromatic rings. The third kappa shape index (κ3) is 17.8. The molecule has 0 bridgehead atoms. The molecule has 4 unspecified atom stereocenters. The molecule has 5 rings (SSSR count). The summed E-state index contributed by atoms with van der Waals surface area (Å²) < 4.78 is 103. The van der Waals surface area contributed by atoms with E-state index in [1.807, 2.05) is 0 Å². The molecule has 0 aromatic heterocycles. The molecule has 0 aliphatic carbocycles. The number of carbonyl (C=O) groups excluding carboxylic acids is 6. The van der Waals surface area contributed by atoms with Gasteiger partial charge in [-0.2, -0.15) is 0 Å². The molecule has 3 N–H and O–H groups in total. The van der Waals surface area contributed by atoms with Crippen molar-refractivity contribution >= 4 is 60.3 Å². The zero-order valence-electron chi connectivity index (χ0n) is 38.7. The fourth-order valence-corrected chi connectivity index (χ4v) is 6.49. The van der Waals surface area contributed by atoms with Crippen molar-refractivity contribution in [2.45, 2.75) is 141 Å². The van der Waals surface area contributed by atoms with Crippen molar-refractivity contribution in [3.63, 3.8) is 0 Å². The highest BCUT2D eigenvalue weighted by Gasteiger charge is 2.57. The van der Waals surface area contributed by atoms with Crippen molar-refractivity contribution in [1.29, 1.82) is 0 Å². The van der Waals surface area contributed by atoms with E-state index in [2.05, 4.69) is 10.1 Å². The van der Waals surface area contributed by atoms with Crippen molar-refractivity contribution in [2.24, 2.45) is 0 Å². The smallest absolute Gasteiger partial charge is 0.411 e. The largest absolute Gasteiger partial charge is 0.480 e. The number of esters is 2. The molecular formula is C42H59ClF6N4O15. The van der Waals surface area contributed by atoms with Crippen LogP contribution in [-0.2, 0) is 54.3 Å². The molecule has 68 heavy (non-hydrogen) atoms. The number of halogens is 7. The number of hydrogen-bond donors (Lipinski definition) is 3. The molecule has 4 aliphatic rings. The standard InChI is InChI=1S/C13H13F2NO4.C12H19F2NO4.C12H19NO5.C5H7F2NO2.ClH/c14-13(15)6-7-16(10(13)11(17)18)12(19)20-8-9-4-2-1-3-5-9;1-5-18-9(16)8-12(13,14)6-7-15(8)10(17)19-11(2,3)4;1-5-17-10(15)9-8(14)6-7-13(9)11(16)18-12(2,3)4;6-5(7)1-2-8-3(5)4(9)10;/h1-5,10H,6-8H2,(H,17,18);8H,5-7H2,1-4H3;9H,5-7H2,1-4H3;3,8H,1-2H2,(H,9,10);1H. The van der Waals surface area contributed by atoms with E-state index in [1.165, 1.54) is 6.92 Å². The molecule has 1 aromatic carbocycles. The Labute approximate surface area is 394 Å². The average molecular weight is 1010 g/mol. The zero-order valence-corrected chi connectivity index (χ0v) is 39.5. The van der Waals surface area contributed by atoms with Gasteiger partial charge in [0.25, 0.3) is 17.8 Å². The number of nitrogens with zero attached hydrogens (tertiary/aromatic N) is 3. The van der Waals surface area contributed by atoms with Crippen molar-refractivity contribution in [3.05, 3.63) is 35.9 Å². The fraction of sp³-hybridized carbons (Fsp3) is 0.667. The van der Waals surface area contributed by atoms with Crippen LogP contribution in [0.1, 0.15) is 86.6 Å². The maximum absolute atomic E-state index is 13.7. The Morgan fingerprint density at radius 2 is 1.12 bits per heavy atom. The lowest BCUT2D eigenvalue weighted by Gasteiger charge is -2.28. The lowest BCUT2D eigenvalue weighted by molar-refractivity contribution is -0.158. The Kier molecular flexibility index (Phi) is 22.3. The van der Waals surface area contributed by atoms with Gasteiger partial charge in [-0.15, -0.1) is 12.4 Å². The number of Topliss-reactive ketones (excluding diaryl/α,β-unsaturated/α-hetero) is 1. The van der Waals surface area contributed by atoms with E-state index >= 15 is 0 Å². The molecule has 4 fully saturated rings. The van der Waals surface area contributed by atoms with Crippen LogP contribution in [0.4, 0.5) is 40.7 Å². The number of benzene rings is 1. The highest BCUT2D eigenvalue weighted by Crippen LogP contribution is 2.36. The molecule has 4 saturated heterocycles. The molecule has 26 heteroatoms. The summed E-state index contributed by atoms with van der Waals surface area (Å²) >= 11 is 0. The van der Waals surface area contributed by atoms with E-state index in [0.29, 0.717) is 10.5 Å². The van der Waals surface area contributed by atoms with Crippen LogP contribution in [0.15, 0.2) is 30.3 Å². The third-order valence-corrected chi connectivity index (χ3v) is 9.44. The Balaban J connectivity index is 0.000000462. The van der Waals surface area contributed by atoms with Gasteiger partial charge in [0.05, 0.1) is 13.2 Å². The summed E-state index contributed by atoms with van der Waals surface area (Å²) in [5.74, 6) is -15.1. The molecule has 19 nitrogen and oxygen atoms in total. The van der Waals surface area contributed by atoms with E-state index in [4.69, 9.17) is 29.2 Å². The van der Waals surface area contributed by atoms with Gasteiger partial charge in [0.1, 0.15) is 17.8 Å². The maximum atomic E-state index is 13.7. The molecule has 0 saturated carbocycles. The van der Waals surface area contributed by atoms with Gasteiger partial charge in [-0.25, -0.2) is 55.1 Å². The summed E-state index contributed by atoms with van der Waals surface area (Å²) in [7, 11) is 0. The molecule has 4 atom stereocenters. The van der Waals surface area contributed by atoms with E-state index in [-0.39, 0.29) is 77.0 Å². The minimum absolute atomic E-state index is 0. The first-order valence-electron chi connectivity index (χ1n) is 20.9. The summed E-state index contributed by atoms with van der Waals surface area (Å²) in [6.07, 6.45) is -4.11. The number of hydrogen-bond acceptors (Lipinski definition) is 14. The van der Waals surface area contributed by atoms with E-state index < -0.39 is 108 Å². The first kappa shape index (κ1) is 60.4. The van der Waals surface area contributed by atoms with E-state index in [9.17, 15) is 64.7 Å².